The quantitative estimate of drug-likeness (QED) is 0.897. The number of rotatable bonds is 4. The molecule has 92 valence electrons. The van der Waals surface area contributed by atoms with E-state index in [9.17, 15) is 4.79 Å². The van der Waals surface area contributed by atoms with Gasteiger partial charge in [0.2, 0.25) is 0 Å². The van der Waals surface area contributed by atoms with E-state index < -0.39 is 0 Å². The van der Waals surface area contributed by atoms with E-state index in [1.165, 1.54) is 12.8 Å². The van der Waals surface area contributed by atoms with E-state index >= 15 is 0 Å². The zero-order chi connectivity index (χ0) is 12.4. The molecule has 2 nitrogen and oxygen atoms in total. The van der Waals surface area contributed by atoms with Crippen LogP contribution in [0.15, 0.2) is 22.7 Å². The van der Waals surface area contributed by atoms with E-state index in [1.54, 1.807) is 18.2 Å². The molecule has 0 aliphatic heterocycles. The lowest BCUT2D eigenvalue weighted by molar-refractivity contribution is 0.0946. The lowest BCUT2D eigenvalue weighted by atomic mass is 10.1. The first-order valence-electron chi connectivity index (χ1n) is 5.81. The van der Waals surface area contributed by atoms with Crippen LogP contribution in [0.25, 0.3) is 0 Å². The van der Waals surface area contributed by atoms with Crippen LogP contribution in [0.5, 0.6) is 0 Å². The van der Waals surface area contributed by atoms with Crippen LogP contribution in [-0.2, 0) is 0 Å². The van der Waals surface area contributed by atoms with Crippen LogP contribution in [0.3, 0.4) is 0 Å². The van der Waals surface area contributed by atoms with Crippen LogP contribution in [0.1, 0.15) is 30.1 Å². The van der Waals surface area contributed by atoms with Crippen molar-refractivity contribution >= 4 is 33.4 Å². The van der Waals surface area contributed by atoms with E-state index in [1.807, 2.05) is 0 Å². The Bertz CT molecular complexity index is 431. The molecular formula is C13H15BrClNO. The summed E-state index contributed by atoms with van der Waals surface area (Å²) < 4.78 is 0.738. The average Bonchev–Trinajstić information content (AvgIpc) is 3.09. The molecule has 1 atom stereocenters. The van der Waals surface area contributed by atoms with Crippen LogP contribution in [0, 0.1) is 11.8 Å². The lowest BCUT2D eigenvalue weighted by Gasteiger charge is -2.12. The van der Waals surface area contributed by atoms with Crippen molar-refractivity contribution in [3.05, 3.63) is 33.3 Å². The van der Waals surface area contributed by atoms with Gasteiger partial charge in [0.15, 0.2) is 0 Å². The summed E-state index contributed by atoms with van der Waals surface area (Å²) in [6.45, 7) is 2.94. The normalized spacial score (nSPS) is 16.6. The van der Waals surface area contributed by atoms with Gasteiger partial charge < -0.3 is 5.32 Å². The summed E-state index contributed by atoms with van der Waals surface area (Å²) in [5.41, 5.74) is 0.636. The summed E-state index contributed by atoms with van der Waals surface area (Å²) in [4.78, 5) is 11.9. The van der Waals surface area contributed by atoms with Crippen molar-refractivity contribution in [1.29, 1.82) is 0 Å². The van der Waals surface area contributed by atoms with Crippen molar-refractivity contribution in [2.75, 3.05) is 6.54 Å². The molecule has 4 heteroatoms. The second-order valence-corrected chi connectivity index (χ2v) is 5.94. The standard InChI is InChI=1S/C13H15BrClNO/c1-8(9-2-3-9)7-16-13(17)11-5-4-10(15)6-12(11)14/h4-6,8-9H,2-3,7H2,1H3,(H,16,17). The molecule has 2 rings (SSSR count). The van der Waals surface area contributed by atoms with E-state index in [0.29, 0.717) is 16.5 Å². The molecule has 1 amide bonds. The SMILES string of the molecule is CC(CNC(=O)c1ccc(Cl)cc1Br)C1CC1. The first-order valence-corrected chi connectivity index (χ1v) is 6.98. The third kappa shape index (κ3) is 3.46. The molecule has 0 spiro atoms. The molecule has 0 aromatic heterocycles. The first kappa shape index (κ1) is 12.9. The maximum atomic E-state index is 11.9. The molecule has 1 aromatic carbocycles. The highest BCUT2D eigenvalue weighted by Gasteiger charge is 2.28. The Balaban J connectivity index is 1.94. The Morgan fingerprint density at radius 3 is 2.88 bits per heavy atom. The number of nitrogens with one attached hydrogen (secondary N) is 1. The van der Waals surface area contributed by atoms with E-state index in [0.717, 1.165) is 16.9 Å². The second-order valence-electron chi connectivity index (χ2n) is 4.65. The fraction of sp³-hybridized carbons (Fsp3) is 0.462. The highest BCUT2D eigenvalue weighted by molar-refractivity contribution is 9.10. The molecule has 0 saturated heterocycles. The van der Waals surface area contributed by atoms with Gasteiger partial charge in [-0.05, 0) is 58.8 Å². The summed E-state index contributed by atoms with van der Waals surface area (Å²) in [6, 6.07) is 5.20. The Kier molecular flexibility index (Phi) is 4.10. The number of benzene rings is 1. The first-order chi connectivity index (χ1) is 8.08. The fourth-order valence-corrected chi connectivity index (χ4v) is 2.72. The van der Waals surface area contributed by atoms with Crippen molar-refractivity contribution in [3.63, 3.8) is 0 Å². The maximum absolute atomic E-state index is 11.9. The molecule has 0 heterocycles. The van der Waals surface area contributed by atoms with Gasteiger partial charge >= 0.3 is 0 Å². The highest BCUT2D eigenvalue weighted by atomic mass is 79.9. The van der Waals surface area contributed by atoms with Crippen LogP contribution in [-0.4, -0.2) is 12.5 Å². The maximum Gasteiger partial charge on any atom is 0.252 e. The lowest BCUT2D eigenvalue weighted by Crippen LogP contribution is -2.29. The van der Waals surface area contributed by atoms with Crippen molar-refractivity contribution in [2.45, 2.75) is 19.8 Å². The summed E-state index contributed by atoms with van der Waals surface area (Å²) in [7, 11) is 0. The largest absolute Gasteiger partial charge is 0.352 e. The third-order valence-corrected chi connectivity index (χ3v) is 4.08. The van der Waals surface area contributed by atoms with Gasteiger partial charge in [-0.3, -0.25) is 4.79 Å². The number of halogens is 2. The molecule has 1 aliphatic carbocycles. The minimum atomic E-state index is -0.0407. The van der Waals surface area contributed by atoms with Crippen LogP contribution in [0.2, 0.25) is 5.02 Å². The minimum absolute atomic E-state index is 0.0407. The number of hydrogen-bond acceptors (Lipinski definition) is 1. The molecular weight excluding hydrogens is 302 g/mol. The smallest absolute Gasteiger partial charge is 0.252 e. The van der Waals surface area contributed by atoms with Gasteiger partial charge in [-0.2, -0.15) is 0 Å². The number of carbonyl (C=O) groups is 1. The second kappa shape index (κ2) is 5.40. The highest BCUT2D eigenvalue weighted by Crippen LogP contribution is 2.36. The zero-order valence-electron chi connectivity index (χ0n) is 9.67. The number of amides is 1. The van der Waals surface area contributed by atoms with Gasteiger partial charge in [-0.25, -0.2) is 0 Å². The Labute approximate surface area is 115 Å². The number of hydrogen-bond donors (Lipinski definition) is 1. The van der Waals surface area contributed by atoms with Crippen molar-refractivity contribution in [2.24, 2.45) is 11.8 Å². The molecule has 17 heavy (non-hydrogen) atoms. The van der Waals surface area contributed by atoms with E-state index in [2.05, 4.69) is 28.2 Å². The van der Waals surface area contributed by atoms with Crippen LogP contribution in [0.4, 0.5) is 0 Å². The van der Waals surface area contributed by atoms with Gasteiger partial charge in [0.25, 0.3) is 5.91 Å². The molecule has 1 aliphatic rings. The topological polar surface area (TPSA) is 29.1 Å². The minimum Gasteiger partial charge on any atom is -0.352 e. The summed E-state index contributed by atoms with van der Waals surface area (Å²) >= 11 is 9.19. The summed E-state index contributed by atoms with van der Waals surface area (Å²) in [5.74, 6) is 1.34. The van der Waals surface area contributed by atoms with Gasteiger partial charge in [0, 0.05) is 16.0 Å². The van der Waals surface area contributed by atoms with Gasteiger partial charge in [0.05, 0.1) is 5.56 Å². The van der Waals surface area contributed by atoms with E-state index in [-0.39, 0.29) is 5.91 Å². The Morgan fingerprint density at radius 2 is 2.29 bits per heavy atom. The van der Waals surface area contributed by atoms with Crippen LogP contribution >= 0.6 is 27.5 Å². The third-order valence-electron chi connectivity index (χ3n) is 3.19. The molecule has 1 fully saturated rings. The fourth-order valence-electron chi connectivity index (χ4n) is 1.85. The molecule has 1 saturated carbocycles. The van der Waals surface area contributed by atoms with Gasteiger partial charge in [0.1, 0.15) is 0 Å². The predicted molar refractivity (Wildman–Crippen MR) is 73.4 cm³/mol. The summed E-state index contributed by atoms with van der Waals surface area (Å²) in [6.07, 6.45) is 2.61. The summed E-state index contributed by atoms with van der Waals surface area (Å²) in [5, 5.41) is 3.59. The molecule has 0 radical (unpaired) electrons. The van der Waals surface area contributed by atoms with E-state index in [4.69, 9.17) is 11.6 Å². The molecule has 1 N–H and O–H groups in total. The average molecular weight is 317 g/mol. The molecule has 1 aromatic rings. The van der Waals surface area contributed by atoms with Gasteiger partial charge in [-0.15, -0.1) is 0 Å². The Hall–Kier alpha value is -0.540. The number of carbonyl (C=O) groups excluding carboxylic acids is 1. The van der Waals surface area contributed by atoms with Crippen molar-refractivity contribution in [3.8, 4) is 0 Å². The predicted octanol–water partition coefficient (Wildman–Crippen LogP) is 3.88. The van der Waals surface area contributed by atoms with Crippen molar-refractivity contribution < 1.29 is 4.79 Å². The monoisotopic (exact) mass is 315 g/mol. The molecule has 0 bridgehead atoms. The molecule has 1 unspecified atom stereocenters. The zero-order valence-corrected chi connectivity index (χ0v) is 12.0. The van der Waals surface area contributed by atoms with Crippen LogP contribution < -0.4 is 5.32 Å². The Morgan fingerprint density at radius 1 is 1.59 bits per heavy atom. The van der Waals surface area contributed by atoms with Crippen molar-refractivity contribution in [1.82, 2.24) is 5.32 Å². The van der Waals surface area contributed by atoms with Gasteiger partial charge in [-0.1, -0.05) is 18.5 Å².